The molecule has 1 saturated heterocycles. The molecule has 1 aliphatic heterocycles. The molecule has 9 heteroatoms. The van der Waals surface area contributed by atoms with Gasteiger partial charge in [0.15, 0.2) is 6.29 Å². The van der Waals surface area contributed by atoms with Gasteiger partial charge in [0.2, 0.25) is 0 Å². The summed E-state index contributed by atoms with van der Waals surface area (Å²) in [7, 11) is 0. The van der Waals surface area contributed by atoms with E-state index in [2.05, 4.69) is 0 Å². The van der Waals surface area contributed by atoms with Gasteiger partial charge in [0.1, 0.15) is 0 Å². The van der Waals surface area contributed by atoms with Crippen molar-refractivity contribution in [3.8, 4) is 0 Å². The second-order valence-electron chi connectivity index (χ2n) is 4.19. The van der Waals surface area contributed by atoms with Crippen molar-refractivity contribution < 1.29 is 40.2 Å². The van der Waals surface area contributed by atoms with Crippen LogP contribution in [0.25, 0.3) is 0 Å². The van der Waals surface area contributed by atoms with E-state index >= 15 is 0 Å². The number of halogens is 7. The first kappa shape index (κ1) is 16.5. The van der Waals surface area contributed by atoms with Crippen LogP contribution in [-0.2, 0) is 9.47 Å². The van der Waals surface area contributed by atoms with Gasteiger partial charge in [-0.15, -0.1) is 0 Å². The normalized spacial score (nSPS) is 22.6. The fraction of sp³-hybridized carbons (Fsp3) is 1.00. The van der Waals surface area contributed by atoms with Gasteiger partial charge in [-0.3, -0.25) is 0 Å². The third-order valence-corrected chi connectivity index (χ3v) is 2.67. The molecule has 1 unspecified atom stereocenters. The van der Waals surface area contributed by atoms with E-state index in [4.69, 9.17) is 9.47 Å². The summed E-state index contributed by atoms with van der Waals surface area (Å²) >= 11 is 0. The van der Waals surface area contributed by atoms with Crippen molar-refractivity contribution in [3.63, 3.8) is 0 Å². The summed E-state index contributed by atoms with van der Waals surface area (Å²) in [6.45, 7) is -0.580. The van der Waals surface area contributed by atoms with Crippen LogP contribution in [0.1, 0.15) is 25.7 Å². The van der Waals surface area contributed by atoms with E-state index in [1.54, 1.807) is 0 Å². The molecular weight excluding hydrogens is 285 g/mol. The predicted molar refractivity (Wildman–Crippen MR) is 50.1 cm³/mol. The standard InChI is InChI=1S/C10H13F7O2/c11-8(12,9(13,14)10(15,16)17)4-6-19-7-3-1-2-5-18-7/h7H,1-6H2. The Kier molecular flexibility index (Phi) is 5.05. The van der Waals surface area contributed by atoms with Gasteiger partial charge in [-0.2, -0.15) is 30.7 Å². The van der Waals surface area contributed by atoms with Gasteiger partial charge in [0, 0.05) is 13.0 Å². The summed E-state index contributed by atoms with van der Waals surface area (Å²) < 4.78 is 95.9. The number of hydrogen-bond donors (Lipinski definition) is 0. The smallest absolute Gasteiger partial charge is 0.353 e. The van der Waals surface area contributed by atoms with Gasteiger partial charge in [0.25, 0.3) is 0 Å². The SMILES string of the molecule is FC(F)(F)C(F)(F)C(F)(F)CCOC1CCCCO1. The van der Waals surface area contributed by atoms with Crippen LogP contribution in [-0.4, -0.2) is 37.5 Å². The molecule has 0 bridgehead atoms. The Hall–Kier alpha value is -0.570. The number of hydrogen-bond acceptors (Lipinski definition) is 2. The van der Waals surface area contributed by atoms with Crippen LogP contribution in [0.15, 0.2) is 0 Å². The molecule has 0 aromatic rings. The summed E-state index contributed by atoms with van der Waals surface area (Å²) in [6.07, 6.45) is -6.94. The molecule has 0 saturated carbocycles. The van der Waals surface area contributed by atoms with Crippen LogP contribution < -0.4 is 0 Å². The lowest BCUT2D eigenvalue weighted by Gasteiger charge is -2.29. The Labute approximate surface area is 104 Å². The summed E-state index contributed by atoms with van der Waals surface area (Å²) in [5, 5.41) is 0. The minimum absolute atomic E-state index is 0.347. The topological polar surface area (TPSA) is 18.5 Å². The summed E-state index contributed by atoms with van der Waals surface area (Å²) in [5.74, 6) is -11.3. The van der Waals surface area contributed by atoms with E-state index in [0.717, 1.165) is 12.8 Å². The summed E-state index contributed by atoms with van der Waals surface area (Å²) in [6, 6.07) is 0. The van der Waals surface area contributed by atoms with Crippen molar-refractivity contribution >= 4 is 0 Å². The zero-order valence-corrected chi connectivity index (χ0v) is 9.78. The second-order valence-corrected chi connectivity index (χ2v) is 4.19. The molecule has 0 amide bonds. The number of alkyl halides is 7. The Balaban J connectivity index is 2.45. The maximum absolute atomic E-state index is 12.9. The van der Waals surface area contributed by atoms with Crippen molar-refractivity contribution in [1.29, 1.82) is 0 Å². The van der Waals surface area contributed by atoms with Crippen molar-refractivity contribution in [3.05, 3.63) is 0 Å². The Morgan fingerprint density at radius 3 is 2.11 bits per heavy atom. The average molecular weight is 298 g/mol. The van der Waals surface area contributed by atoms with Crippen LogP contribution in [0.2, 0.25) is 0 Å². The molecule has 0 aromatic heterocycles. The molecule has 19 heavy (non-hydrogen) atoms. The second kappa shape index (κ2) is 5.82. The molecular formula is C10H13F7O2. The Bertz CT molecular complexity index is 284. The van der Waals surface area contributed by atoms with Gasteiger partial charge < -0.3 is 9.47 Å². The largest absolute Gasteiger partial charge is 0.459 e. The van der Waals surface area contributed by atoms with Gasteiger partial charge in [-0.25, -0.2) is 0 Å². The van der Waals surface area contributed by atoms with Gasteiger partial charge >= 0.3 is 18.0 Å². The van der Waals surface area contributed by atoms with Gasteiger partial charge in [-0.1, -0.05) is 0 Å². The van der Waals surface area contributed by atoms with E-state index in [1.165, 1.54) is 0 Å². The van der Waals surface area contributed by atoms with Crippen molar-refractivity contribution in [2.45, 2.75) is 50.0 Å². The van der Waals surface area contributed by atoms with Gasteiger partial charge in [-0.05, 0) is 19.3 Å². The first-order valence-electron chi connectivity index (χ1n) is 5.63. The molecule has 1 rings (SSSR count). The van der Waals surface area contributed by atoms with Crippen LogP contribution in [0, 0.1) is 0 Å². The van der Waals surface area contributed by atoms with E-state index in [9.17, 15) is 30.7 Å². The van der Waals surface area contributed by atoms with Gasteiger partial charge in [0.05, 0.1) is 6.61 Å². The average Bonchev–Trinajstić information content (AvgIpc) is 2.28. The lowest BCUT2D eigenvalue weighted by molar-refractivity contribution is -0.357. The molecule has 0 aromatic carbocycles. The third kappa shape index (κ3) is 3.95. The van der Waals surface area contributed by atoms with E-state index in [1.807, 2.05) is 0 Å². The van der Waals surface area contributed by atoms with Crippen molar-refractivity contribution in [1.82, 2.24) is 0 Å². The van der Waals surface area contributed by atoms with Crippen LogP contribution in [0.4, 0.5) is 30.7 Å². The highest BCUT2D eigenvalue weighted by Crippen LogP contribution is 2.47. The number of ether oxygens (including phenoxy) is 2. The van der Waals surface area contributed by atoms with Crippen molar-refractivity contribution in [2.75, 3.05) is 13.2 Å². The molecule has 1 heterocycles. The highest BCUT2D eigenvalue weighted by molar-refractivity contribution is 4.90. The van der Waals surface area contributed by atoms with E-state index in [0.29, 0.717) is 13.0 Å². The van der Waals surface area contributed by atoms with E-state index < -0.39 is 37.3 Å². The first-order valence-corrected chi connectivity index (χ1v) is 5.63. The molecule has 2 nitrogen and oxygen atoms in total. The van der Waals surface area contributed by atoms with E-state index in [-0.39, 0.29) is 0 Å². The molecule has 1 fully saturated rings. The predicted octanol–water partition coefficient (Wildman–Crippen LogP) is 3.75. The minimum atomic E-state index is -6.29. The Morgan fingerprint density at radius 2 is 1.63 bits per heavy atom. The van der Waals surface area contributed by atoms with Crippen molar-refractivity contribution in [2.24, 2.45) is 0 Å². The fourth-order valence-corrected chi connectivity index (χ4v) is 1.53. The minimum Gasteiger partial charge on any atom is -0.353 e. The molecule has 1 aliphatic rings. The molecule has 1 atom stereocenters. The molecule has 0 aliphatic carbocycles. The molecule has 114 valence electrons. The van der Waals surface area contributed by atoms with Crippen LogP contribution in [0.3, 0.4) is 0 Å². The van der Waals surface area contributed by atoms with Crippen LogP contribution >= 0.6 is 0 Å². The van der Waals surface area contributed by atoms with Crippen LogP contribution in [0.5, 0.6) is 0 Å². The molecule has 0 radical (unpaired) electrons. The number of rotatable bonds is 5. The maximum Gasteiger partial charge on any atom is 0.459 e. The molecule has 0 N–H and O–H groups in total. The summed E-state index contributed by atoms with van der Waals surface area (Å²) in [4.78, 5) is 0. The zero-order chi connectivity index (χ0) is 14.7. The maximum atomic E-state index is 12.9. The quantitative estimate of drug-likeness (QED) is 0.720. The lowest BCUT2D eigenvalue weighted by atomic mass is 10.1. The highest BCUT2D eigenvalue weighted by atomic mass is 19.4. The monoisotopic (exact) mass is 298 g/mol. The first-order chi connectivity index (χ1) is 8.58. The third-order valence-electron chi connectivity index (χ3n) is 2.67. The summed E-state index contributed by atoms with van der Waals surface area (Å²) in [5.41, 5.74) is 0. The fourth-order valence-electron chi connectivity index (χ4n) is 1.53. The highest BCUT2D eigenvalue weighted by Gasteiger charge is 2.72. The molecule has 0 spiro atoms. The lowest BCUT2D eigenvalue weighted by Crippen LogP contribution is -2.52. The Morgan fingerprint density at radius 1 is 1.00 bits per heavy atom. The zero-order valence-electron chi connectivity index (χ0n) is 9.78.